The van der Waals surface area contributed by atoms with Gasteiger partial charge in [0, 0.05) is 16.9 Å². The highest BCUT2D eigenvalue weighted by atomic mass is 32.2. The van der Waals surface area contributed by atoms with Crippen molar-refractivity contribution in [2.75, 3.05) is 6.61 Å². The van der Waals surface area contributed by atoms with Crippen molar-refractivity contribution < 1.29 is 4.18 Å². The van der Waals surface area contributed by atoms with E-state index in [0.29, 0.717) is 0 Å². The van der Waals surface area contributed by atoms with Crippen LogP contribution in [0.15, 0.2) is 29.2 Å². The molecule has 66 valence electrons. The van der Waals surface area contributed by atoms with Crippen LogP contribution in [0.3, 0.4) is 0 Å². The minimum absolute atomic E-state index is 0.750. The molecule has 0 fully saturated rings. The molecular weight excluding hydrogens is 168 g/mol. The Hall–Kier alpha value is -0.470. The molecule has 12 heavy (non-hydrogen) atoms. The number of rotatable bonds is 4. The van der Waals surface area contributed by atoms with E-state index in [1.807, 2.05) is 6.92 Å². The lowest BCUT2D eigenvalue weighted by molar-refractivity contribution is 0.402. The second kappa shape index (κ2) is 5.22. The molecule has 0 radical (unpaired) electrons. The van der Waals surface area contributed by atoms with Crippen LogP contribution in [0.4, 0.5) is 0 Å². The van der Waals surface area contributed by atoms with Gasteiger partial charge >= 0.3 is 0 Å². The quantitative estimate of drug-likeness (QED) is 0.661. The Morgan fingerprint density at radius 2 is 1.83 bits per heavy atom. The molecule has 0 aliphatic rings. The topological polar surface area (TPSA) is 9.23 Å². The summed E-state index contributed by atoms with van der Waals surface area (Å²) in [5.74, 6) is 0. The van der Waals surface area contributed by atoms with Crippen molar-refractivity contribution in [3.05, 3.63) is 29.8 Å². The monoisotopic (exact) mass is 182 g/mol. The Morgan fingerprint density at radius 1 is 1.17 bits per heavy atom. The maximum atomic E-state index is 5.21. The smallest absolute Gasteiger partial charge is 0.0590 e. The summed E-state index contributed by atoms with van der Waals surface area (Å²) in [4.78, 5) is 1.18. The summed E-state index contributed by atoms with van der Waals surface area (Å²) in [5, 5.41) is 0. The third-order valence-corrected chi connectivity index (χ3v) is 2.42. The van der Waals surface area contributed by atoms with Crippen LogP contribution in [0.1, 0.15) is 19.4 Å². The lowest BCUT2D eigenvalue weighted by Gasteiger charge is -2.00. The van der Waals surface area contributed by atoms with E-state index < -0.39 is 0 Å². The molecule has 0 saturated carbocycles. The SMILES string of the molecule is CCOSc1ccc(CC)cc1. The van der Waals surface area contributed by atoms with Crippen molar-refractivity contribution in [3.8, 4) is 0 Å². The van der Waals surface area contributed by atoms with Gasteiger partial charge in [-0.2, -0.15) is 0 Å². The van der Waals surface area contributed by atoms with E-state index in [1.54, 1.807) is 0 Å². The minimum Gasteiger partial charge on any atom is -0.311 e. The van der Waals surface area contributed by atoms with Gasteiger partial charge in [-0.25, -0.2) is 0 Å². The molecule has 1 rings (SSSR count). The lowest BCUT2D eigenvalue weighted by Crippen LogP contribution is -1.81. The van der Waals surface area contributed by atoms with Crippen LogP contribution in [0.5, 0.6) is 0 Å². The third-order valence-electron chi connectivity index (χ3n) is 1.60. The first-order valence-corrected chi connectivity index (χ1v) is 4.99. The molecule has 0 aliphatic heterocycles. The van der Waals surface area contributed by atoms with Crippen molar-refractivity contribution in [2.45, 2.75) is 25.2 Å². The number of hydrogen-bond acceptors (Lipinski definition) is 2. The van der Waals surface area contributed by atoms with Crippen LogP contribution in [-0.2, 0) is 10.6 Å². The fourth-order valence-electron chi connectivity index (χ4n) is 0.908. The van der Waals surface area contributed by atoms with Crippen molar-refractivity contribution >= 4 is 12.0 Å². The molecule has 1 aromatic rings. The fraction of sp³-hybridized carbons (Fsp3) is 0.400. The van der Waals surface area contributed by atoms with E-state index in [1.165, 1.54) is 22.5 Å². The maximum Gasteiger partial charge on any atom is 0.0590 e. The highest BCUT2D eigenvalue weighted by Crippen LogP contribution is 2.19. The standard InChI is InChI=1S/C10H14OS/c1-3-9-5-7-10(8-6-9)12-11-4-2/h5-8H,3-4H2,1-2H3. The summed E-state index contributed by atoms with van der Waals surface area (Å²) in [7, 11) is 0. The van der Waals surface area contributed by atoms with E-state index in [0.717, 1.165) is 13.0 Å². The highest BCUT2D eigenvalue weighted by molar-refractivity contribution is 7.94. The molecule has 0 aromatic heterocycles. The van der Waals surface area contributed by atoms with Gasteiger partial charge in [0.1, 0.15) is 0 Å². The van der Waals surface area contributed by atoms with Gasteiger partial charge in [0.05, 0.1) is 6.61 Å². The summed E-state index contributed by atoms with van der Waals surface area (Å²) in [6.07, 6.45) is 1.10. The zero-order valence-corrected chi connectivity index (χ0v) is 8.36. The van der Waals surface area contributed by atoms with E-state index in [9.17, 15) is 0 Å². The Labute approximate surface area is 78.3 Å². The second-order valence-corrected chi connectivity index (χ2v) is 3.36. The van der Waals surface area contributed by atoms with Crippen molar-refractivity contribution in [1.82, 2.24) is 0 Å². The zero-order chi connectivity index (χ0) is 8.81. The normalized spacial score (nSPS) is 10.2. The Kier molecular flexibility index (Phi) is 4.19. The number of aryl methyl sites for hydroxylation is 1. The van der Waals surface area contributed by atoms with E-state index in [4.69, 9.17) is 4.18 Å². The Balaban J connectivity index is 2.53. The molecule has 0 aliphatic carbocycles. The van der Waals surface area contributed by atoms with Crippen molar-refractivity contribution in [3.63, 3.8) is 0 Å². The van der Waals surface area contributed by atoms with E-state index in [2.05, 4.69) is 31.2 Å². The van der Waals surface area contributed by atoms with Crippen LogP contribution in [0, 0.1) is 0 Å². The number of hydrogen-bond donors (Lipinski definition) is 0. The molecule has 0 saturated heterocycles. The maximum absolute atomic E-state index is 5.21. The van der Waals surface area contributed by atoms with Gasteiger partial charge in [-0.1, -0.05) is 19.1 Å². The zero-order valence-electron chi connectivity index (χ0n) is 7.54. The fourth-order valence-corrected chi connectivity index (χ4v) is 1.41. The van der Waals surface area contributed by atoms with Gasteiger partial charge in [-0.15, -0.1) is 0 Å². The van der Waals surface area contributed by atoms with Gasteiger partial charge in [0.2, 0.25) is 0 Å². The van der Waals surface area contributed by atoms with E-state index >= 15 is 0 Å². The molecular formula is C10H14OS. The molecule has 0 N–H and O–H groups in total. The van der Waals surface area contributed by atoms with Crippen LogP contribution in [0.2, 0.25) is 0 Å². The second-order valence-electron chi connectivity index (χ2n) is 2.49. The summed E-state index contributed by atoms with van der Waals surface area (Å²) in [6, 6.07) is 8.47. The molecule has 0 bridgehead atoms. The highest BCUT2D eigenvalue weighted by Gasteiger charge is 1.93. The van der Waals surface area contributed by atoms with E-state index in [-0.39, 0.29) is 0 Å². The van der Waals surface area contributed by atoms with Crippen LogP contribution in [-0.4, -0.2) is 6.61 Å². The largest absolute Gasteiger partial charge is 0.311 e. The van der Waals surface area contributed by atoms with Crippen LogP contribution < -0.4 is 0 Å². The molecule has 1 nitrogen and oxygen atoms in total. The predicted octanol–water partition coefficient (Wildman–Crippen LogP) is 3.29. The summed E-state index contributed by atoms with van der Waals surface area (Å²) in [6.45, 7) is 4.90. The average Bonchev–Trinajstić information content (AvgIpc) is 2.15. The Morgan fingerprint density at radius 3 is 2.33 bits per heavy atom. The summed E-state index contributed by atoms with van der Waals surface area (Å²) < 4.78 is 5.21. The first-order valence-electron chi connectivity index (χ1n) is 4.25. The average molecular weight is 182 g/mol. The lowest BCUT2D eigenvalue weighted by atomic mass is 10.2. The van der Waals surface area contributed by atoms with Crippen LogP contribution in [0.25, 0.3) is 0 Å². The minimum atomic E-state index is 0.750. The van der Waals surface area contributed by atoms with Crippen molar-refractivity contribution in [1.29, 1.82) is 0 Å². The first-order chi connectivity index (χ1) is 5.86. The van der Waals surface area contributed by atoms with Gasteiger partial charge in [0.25, 0.3) is 0 Å². The molecule has 1 aromatic carbocycles. The molecule has 2 heteroatoms. The van der Waals surface area contributed by atoms with Crippen molar-refractivity contribution in [2.24, 2.45) is 0 Å². The molecule has 0 amide bonds. The van der Waals surface area contributed by atoms with Gasteiger partial charge in [-0.3, -0.25) is 0 Å². The number of benzene rings is 1. The summed E-state index contributed by atoms with van der Waals surface area (Å²) in [5.41, 5.74) is 1.37. The van der Waals surface area contributed by atoms with Crippen LogP contribution >= 0.6 is 12.0 Å². The molecule has 0 unspecified atom stereocenters. The Bertz CT molecular complexity index is 218. The molecule has 0 atom stereocenters. The summed E-state index contributed by atoms with van der Waals surface area (Å²) >= 11 is 1.44. The predicted molar refractivity (Wildman–Crippen MR) is 53.3 cm³/mol. The molecule has 0 spiro atoms. The van der Waals surface area contributed by atoms with Gasteiger partial charge in [0.15, 0.2) is 0 Å². The van der Waals surface area contributed by atoms with Gasteiger partial charge in [-0.05, 0) is 31.0 Å². The first kappa shape index (κ1) is 9.62. The third kappa shape index (κ3) is 2.88. The van der Waals surface area contributed by atoms with Gasteiger partial charge < -0.3 is 4.18 Å². The molecule has 0 heterocycles.